The zero-order chi connectivity index (χ0) is 15.3. The summed E-state index contributed by atoms with van der Waals surface area (Å²) in [4.78, 5) is 4.22. The maximum atomic E-state index is 6.27. The van der Waals surface area contributed by atoms with Crippen LogP contribution in [0.15, 0.2) is 42.6 Å². The van der Waals surface area contributed by atoms with Gasteiger partial charge in [-0.1, -0.05) is 23.7 Å². The molecule has 112 valence electrons. The van der Waals surface area contributed by atoms with Gasteiger partial charge in [0, 0.05) is 18.3 Å². The SMILES string of the molecule is CC(C)(C)NCc1ccc(OCc2ccccn2)c(Cl)c1. The second-order valence-electron chi connectivity index (χ2n) is 5.98. The highest BCUT2D eigenvalue weighted by Crippen LogP contribution is 2.26. The third-order valence-corrected chi connectivity index (χ3v) is 3.22. The molecule has 0 radical (unpaired) electrons. The number of pyridine rings is 1. The molecule has 0 unspecified atom stereocenters. The van der Waals surface area contributed by atoms with Gasteiger partial charge in [-0.05, 0) is 50.6 Å². The predicted octanol–water partition coefficient (Wildman–Crippen LogP) is 4.20. The van der Waals surface area contributed by atoms with Crippen LogP contribution in [0.25, 0.3) is 0 Å². The Morgan fingerprint density at radius 1 is 1.19 bits per heavy atom. The second kappa shape index (κ2) is 6.92. The predicted molar refractivity (Wildman–Crippen MR) is 86.6 cm³/mol. The summed E-state index contributed by atoms with van der Waals surface area (Å²) in [5.41, 5.74) is 2.10. The van der Waals surface area contributed by atoms with E-state index < -0.39 is 0 Å². The Kier molecular flexibility index (Phi) is 5.21. The van der Waals surface area contributed by atoms with Crippen LogP contribution in [0, 0.1) is 0 Å². The van der Waals surface area contributed by atoms with E-state index in [4.69, 9.17) is 16.3 Å². The van der Waals surface area contributed by atoms with Crippen molar-refractivity contribution in [3.05, 3.63) is 58.9 Å². The minimum Gasteiger partial charge on any atom is -0.486 e. The molecule has 1 heterocycles. The van der Waals surface area contributed by atoms with E-state index in [1.807, 2.05) is 36.4 Å². The first-order valence-corrected chi connectivity index (χ1v) is 7.38. The van der Waals surface area contributed by atoms with E-state index in [0.29, 0.717) is 17.4 Å². The summed E-state index contributed by atoms with van der Waals surface area (Å²) in [6, 6.07) is 11.6. The van der Waals surface area contributed by atoms with E-state index in [1.165, 1.54) is 0 Å². The molecule has 2 rings (SSSR count). The number of halogens is 1. The van der Waals surface area contributed by atoms with Crippen LogP contribution in [0.4, 0.5) is 0 Å². The summed E-state index contributed by atoms with van der Waals surface area (Å²) >= 11 is 6.27. The Hall–Kier alpha value is -1.58. The second-order valence-corrected chi connectivity index (χ2v) is 6.39. The molecule has 0 fully saturated rings. The van der Waals surface area contributed by atoms with Crippen LogP contribution in [0.2, 0.25) is 5.02 Å². The molecule has 0 atom stereocenters. The Morgan fingerprint density at radius 2 is 2.00 bits per heavy atom. The maximum Gasteiger partial charge on any atom is 0.138 e. The number of nitrogens with one attached hydrogen (secondary N) is 1. The lowest BCUT2D eigenvalue weighted by Gasteiger charge is -2.20. The molecule has 0 aliphatic heterocycles. The number of benzene rings is 1. The van der Waals surface area contributed by atoms with Crippen LogP contribution in [-0.4, -0.2) is 10.5 Å². The molecule has 4 heteroatoms. The van der Waals surface area contributed by atoms with Gasteiger partial charge in [0.15, 0.2) is 0 Å². The van der Waals surface area contributed by atoms with Crippen molar-refractivity contribution in [3.63, 3.8) is 0 Å². The van der Waals surface area contributed by atoms with Gasteiger partial charge in [-0.3, -0.25) is 4.98 Å². The smallest absolute Gasteiger partial charge is 0.138 e. The lowest BCUT2D eigenvalue weighted by molar-refractivity contribution is 0.301. The van der Waals surface area contributed by atoms with Gasteiger partial charge in [-0.15, -0.1) is 0 Å². The van der Waals surface area contributed by atoms with Crippen molar-refractivity contribution in [1.29, 1.82) is 0 Å². The summed E-state index contributed by atoms with van der Waals surface area (Å²) < 4.78 is 5.71. The number of nitrogens with zero attached hydrogens (tertiary/aromatic N) is 1. The summed E-state index contributed by atoms with van der Waals surface area (Å²) in [7, 11) is 0. The van der Waals surface area contributed by atoms with Crippen LogP contribution >= 0.6 is 11.6 Å². The molecule has 1 aromatic heterocycles. The van der Waals surface area contributed by atoms with Crippen molar-refractivity contribution in [2.24, 2.45) is 0 Å². The van der Waals surface area contributed by atoms with Gasteiger partial charge >= 0.3 is 0 Å². The molecule has 0 saturated heterocycles. The van der Waals surface area contributed by atoms with Gasteiger partial charge in [-0.2, -0.15) is 0 Å². The van der Waals surface area contributed by atoms with Crippen LogP contribution < -0.4 is 10.1 Å². The van der Waals surface area contributed by atoms with Gasteiger partial charge in [0.25, 0.3) is 0 Å². The Morgan fingerprint density at radius 3 is 2.62 bits per heavy atom. The fourth-order valence-corrected chi connectivity index (χ4v) is 2.03. The Balaban J connectivity index is 1.96. The van der Waals surface area contributed by atoms with E-state index in [-0.39, 0.29) is 5.54 Å². The monoisotopic (exact) mass is 304 g/mol. The van der Waals surface area contributed by atoms with Crippen molar-refractivity contribution in [2.75, 3.05) is 0 Å². The van der Waals surface area contributed by atoms with E-state index in [0.717, 1.165) is 17.8 Å². The average Bonchev–Trinajstić information content (AvgIpc) is 2.44. The normalized spacial score (nSPS) is 11.4. The molecule has 2 aromatic rings. The number of hydrogen-bond acceptors (Lipinski definition) is 3. The number of rotatable bonds is 5. The Labute approximate surface area is 131 Å². The molecule has 0 bridgehead atoms. The van der Waals surface area contributed by atoms with Crippen molar-refractivity contribution >= 4 is 11.6 Å². The highest BCUT2D eigenvalue weighted by Gasteiger charge is 2.09. The van der Waals surface area contributed by atoms with Crippen molar-refractivity contribution < 1.29 is 4.74 Å². The first-order chi connectivity index (χ1) is 9.94. The van der Waals surface area contributed by atoms with Gasteiger partial charge in [0.05, 0.1) is 10.7 Å². The van der Waals surface area contributed by atoms with E-state index in [2.05, 4.69) is 31.1 Å². The number of hydrogen-bond donors (Lipinski definition) is 1. The standard InChI is InChI=1S/C17H21ClN2O/c1-17(2,3)20-11-13-7-8-16(15(18)10-13)21-12-14-6-4-5-9-19-14/h4-10,20H,11-12H2,1-3H3. The van der Waals surface area contributed by atoms with Crippen LogP contribution in [0.5, 0.6) is 5.75 Å². The van der Waals surface area contributed by atoms with Crippen LogP contribution in [0.3, 0.4) is 0 Å². The molecule has 0 aliphatic carbocycles. The van der Waals surface area contributed by atoms with Crippen LogP contribution in [-0.2, 0) is 13.2 Å². The zero-order valence-corrected chi connectivity index (χ0v) is 13.4. The van der Waals surface area contributed by atoms with Crippen molar-refractivity contribution in [3.8, 4) is 5.75 Å². The van der Waals surface area contributed by atoms with Crippen molar-refractivity contribution in [1.82, 2.24) is 10.3 Å². The highest BCUT2D eigenvalue weighted by atomic mass is 35.5. The largest absolute Gasteiger partial charge is 0.486 e. The summed E-state index contributed by atoms with van der Waals surface area (Å²) in [5, 5.41) is 4.06. The van der Waals surface area contributed by atoms with Crippen molar-refractivity contribution in [2.45, 2.75) is 39.5 Å². The fourth-order valence-electron chi connectivity index (χ4n) is 1.77. The first-order valence-electron chi connectivity index (χ1n) is 7.00. The molecule has 0 saturated carbocycles. The average molecular weight is 305 g/mol. The molecular weight excluding hydrogens is 284 g/mol. The third kappa shape index (κ3) is 5.37. The molecule has 3 nitrogen and oxygen atoms in total. The topological polar surface area (TPSA) is 34.1 Å². The lowest BCUT2D eigenvalue weighted by Crippen LogP contribution is -2.35. The summed E-state index contributed by atoms with van der Waals surface area (Å²) in [5.74, 6) is 0.682. The maximum absolute atomic E-state index is 6.27. The highest BCUT2D eigenvalue weighted by molar-refractivity contribution is 6.32. The van der Waals surface area contributed by atoms with E-state index in [1.54, 1.807) is 6.20 Å². The molecule has 1 N–H and O–H groups in total. The summed E-state index contributed by atoms with van der Waals surface area (Å²) in [6.45, 7) is 7.61. The van der Waals surface area contributed by atoms with Gasteiger partial charge in [-0.25, -0.2) is 0 Å². The number of ether oxygens (including phenoxy) is 1. The first kappa shape index (κ1) is 15.8. The Bertz CT molecular complexity index is 579. The summed E-state index contributed by atoms with van der Waals surface area (Å²) in [6.07, 6.45) is 1.75. The molecule has 0 amide bonds. The minimum absolute atomic E-state index is 0.0840. The van der Waals surface area contributed by atoms with Gasteiger partial charge in [0.2, 0.25) is 0 Å². The van der Waals surface area contributed by atoms with Gasteiger partial charge in [0.1, 0.15) is 12.4 Å². The quantitative estimate of drug-likeness (QED) is 0.899. The van der Waals surface area contributed by atoms with Gasteiger partial charge < -0.3 is 10.1 Å². The number of aromatic nitrogens is 1. The lowest BCUT2D eigenvalue weighted by atomic mass is 10.1. The van der Waals surface area contributed by atoms with E-state index in [9.17, 15) is 0 Å². The van der Waals surface area contributed by atoms with Crippen LogP contribution in [0.1, 0.15) is 32.0 Å². The fraction of sp³-hybridized carbons (Fsp3) is 0.353. The molecule has 0 aliphatic rings. The molecular formula is C17H21ClN2O. The van der Waals surface area contributed by atoms with E-state index >= 15 is 0 Å². The zero-order valence-electron chi connectivity index (χ0n) is 12.7. The third-order valence-electron chi connectivity index (χ3n) is 2.92. The molecule has 21 heavy (non-hydrogen) atoms. The minimum atomic E-state index is 0.0840. The molecule has 0 spiro atoms. The molecule has 1 aromatic carbocycles.